The summed E-state index contributed by atoms with van der Waals surface area (Å²) in [5.74, 6) is -0.263. The Morgan fingerprint density at radius 1 is 1.02 bits per heavy atom. The van der Waals surface area contributed by atoms with E-state index in [2.05, 4.69) is 20.6 Å². The van der Waals surface area contributed by atoms with Crippen molar-refractivity contribution >= 4 is 29.2 Å². The van der Waals surface area contributed by atoms with Crippen molar-refractivity contribution in [1.82, 2.24) is 24.7 Å². The molecule has 43 heavy (non-hydrogen) atoms. The molecule has 0 saturated heterocycles. The number of aromatic nitrogens is 4. The van der Waals surface area contributed by atoms with Gasteiger partial charge < -0.3 is 21.1 Å². The number of amides is 2. The lowest BCUT2D eigenvalue weighted by Gasteiger charge is -2.12. The van der Waals surface area contributed by atoms with Crippen LogP contribution in [-0.2, 0) is 17.5 Å². The highest BCUT2D eigenvalue weighted by Gasteiger charge is 2.31. The highest BCUT2D eigenvalue weighted by molar-refractivity contribution is 6.04. The predicted molar refractivity (Wildman–Crippen MR) is 153 cm³/mol. The minimum atomic E-state index is -4.56. The van der Waals surface area contributed by atoms with Crippen LogP contribution in [0.1, 0.15) is 40.2 Å². The number of benzene rings is 2. The number of nitrogen functional groups attached to an aromatic ring is 1. The van der Waals surface area contributed by atoms with Crippen LogP contribution in [-0.4, -0.2) is 37.9 Å². The zero-order chi connectivity index (χ0) is 30.6. The standard InChI is InChI=1S/C30H26F3N7O3/c1-18(16-37-29(42)43-17-19-5-3-2-4-6-19)27-39-24(25-26(34)36-13-14-40(25)27)20-7-9-21(10-8-20)28(41)38-23-15-22(11-12-35-23)30(31,32)33/h2-15,18H,16-17H2,1H3,(H2,34,36)(H,37,42)(H,35,38,41)/t18-/m0/s1. The van der Waals surface area contributed by atoms with Crippen LogP contribution in [0.4, 0.5) is 29.6 Å². The van der Waals surface area contributed by atoms with Gasteiger partial charge in [-0.15, -0.1) is 0 Å². The minimum Gasteiger partial charge on any atom is -0.445 e. The highest BCUT2D eigenvalue weighted by Crippen LogP contribution is 2.32. The van der Waals surface area contributed by atoms with Gasteiger partial charge in [-0.05, 0) is 29.8 Å². The first kappa shape index (κ1) is 29.0. The van der Waals surface area contributed by atoms with Crippen LogP contribution in [0.5, 0.6) is 0 Å². The Morgan fingerprint density at radius 2 is 1.77 bits per heavy atom. The highest BCUT2D eigenvalue weighted by atomic mass is 19.4. The van der Waals surface area contributed by atoms with E-state index >= 15 is 0 Å². The molecule has 4 N–H and O–H groups in total. The van der Waals surface area contributed by atoms with Crippen molar-refractivity contribution in [1.29, 1.82) is 0 Å². The van der Waals surface area contributed by atoms with Crippen LogP contribution in [0.25, 0.3) is 16.8 Å². The molecule has 5 rings (SSSR count). The number of hydrogen-bond acceptors (Lipinski definition) is 7. The molecule has 13 heteroatoms. The van der Waals surface area contributed by atoms with E-state index in [1.54, 1.807) is 28.9 Å². The quantitative estimate of drug-likeness (QED) is 0.212. The number of halogens is 3. The smallest absolute Gasteiger partial charge is 0.416 e. The molecule has 0 radical (unpaired) electrons. The normalized spacial score (nSPS) is 12.1. The molecule has 3 aromatic heterocycles. The lowest BCUT2D eigenvalue weighted by Crippen LogP contribution is -2.28. The van der Waals surface area contributed by atoms with Crippen molar-refractivity contribution in [3.63, 3.8) is 0 Å². The molecule has 0 spiro atoms. The van der Waals surface area contributed by atoms with Crippen molar-refractivity contribution in [2.24, 2.45) is 0 Å². The molecule has 5 aromatic rings. The van der Waals surface area contributed by atoms with Crippen LogP contribution in [0.2, 0.25) is 0 Å². The van der Waals surface area contributed by atoms with Crippen molar-refractivity contribution in [2.45, 2.75) is 25.6 Å². The lowest BCUT2D eigenvalue weighted by molar-refractivity contribution is -0.137. The van der Waals surface area contributed by atoms with E-state index in [1.165, 1.54) is 12.1 Å². The number of nitrogens with one attached hydrogen (secondary N) is 2. The number of ether oxygens (including phenoxy) is 1. The van der Waals surface area contributed by atoms with Gasteiger partial charge in [-0.25, -0.2) is 19.7 Å². The Morgan fingerprint density at radius 3 is 2.49 bits per heavy atom. The molecule has 0 aliphatic heterocycles. The molecule has 3 heterocycles. The summed E-state index contributed by atoms with van der Waals surface area (Å²) in [5.41, 5.74) is 8.04. The Labute approximate surface area is 243 Å². The van der Waals surface area contributed by atoms with Gasteiger partial charge in [-0.3, -0.25) is 9.20 Å². The largest absolute Gasteiger partial charge is 0.445 e. The molecule has 10 nitrogen and oxygen atoms in total. The number of nitrogens with two attached hydrogens (primary N) is 1. The maximum atomic E-state index is 13.0. The number of imidazole rings is 1. The molecule has 0 aliphatic rings. The van der Waals surface area contributed by atoms with Gasteiger partial charge in [0.15, 0.2) is 0 Å². The van der Waals surface area contributed by atoms with Gasteiger partial charge in [0.25, 0.3) is 5.91 Å². The van der Waals surface area contributed by atoms with E-state index in [1.807, 2.05) is 37.3 Å². The van der Waals surface area contributed by atoms with Crippen LogP contribution >= 0.6 is 0 Å². The van der Waals surface area contributed by atoms with Gasteiger partial charge in [-0.1, -0.05) is 49.4 Å². The monoisotopic (exact) mass is 589 g/mol. The number of anilines is 2. The van der Waals surface area contributed by atoms with Crippen molar-refractivity contribution in [3.05, 3.63) is 108 Å². The molecule has 2 amide bonds. The summed E-state index contributed by atoms with van der Waals surface area (Å²) < 4.78 is 46.1. The number of alkyl halides is 3. The average Bonchev–Trinajstić information content (AvgIpc) is 3.40. The van der Waals surface area contributed by atoms with Crippen LogP contribution in [0.3, 0.4) is 0 Å². The van der Waals surface area contributed by atoms with Crippen molar-refractivity contribution < 1.29 is 27.5 Å². The number of carbonyl (C=O) groups is 2. The third-order valence-corrected chi connectivity index (χ3v) is 6.57. The first-order chi connectivity index (χ1) is 20.6. The molecule has 0 unspecified atom stereocenters. The lowest BCUT2D eigenvalue weighted by atomic mass is 10.1. The number of nitrogens with zero attached hydrogens (tertiary/aromatic N) is 4. The topological polar surface area (TPSA) is 137 Å². The number of alkyl carbamates (subject to hydrolysis) is 1. The summed E-state index contributed by atoms with van der Waals surface area (Å²) in [5, 5.41) is 5.14. The number of fused-ring (bicyclic) bond motifs is 1. The fraction of sp³-hybridized carbons (Fsp3) is 0.167. The Balaban J connectivity index is 1.31. The third-order valence-electron chi connectivity index (χ3n) is 6.57. The summed E-state index contributed by atoms with van der Waals surface area (Å²) in [7, 11) is 0. The van der Waals surface area contributed by atoms with Crippen LogP contribution in [0, 0.1) is 0 Å². The molecule has 0 fully saturated rings. The van der Waals surface area contributed by atoms with Crippen molar-refractivity contribution in [3.8, 4) is 11.3 Å². The predicted octanol–water partition coefficient (Wildman–Crippen LogP) is 5.67. The number of pyridine rings is 1. The molecule has 1 atom stereocenters. The zero-order valence-electron chi connectivity index (χ0n) is 22.8. The maximum Gasteiger partial charge on any atom is 0.416 e. The van der Waals surface area contributed by atoms with Gasteiger partial charge in [0.05, 0.1) is 5.56 Å². The molecule has 2 aromatic carbocycles. The minimum absolute atomic E-state index is 0.143. The summed E-state index contributed by atoms with van der Waals surface area (Å²) in [6.45, 7) is 2.27. The number of rotatable bonds is 8. The third kappa shape index (κ3) is 6.72. The van der Waals surface area contributed by atoms with Gasteiger partial charge in [-0.2, -0.15) is 13.2 Å². The molecule has 0 bridgehead atoms. The van der Waals surface area contributed by atoms with E-state index in [0.717, 1.165) is 23.9 Å². The van der Waals surface area contributed by atoms with Gasteiger partial charge in [0, 0.05) is 42.2 Å². The molecular weight excluding hydrogens is 563 g/mol. The average molecular weight is 590 g/mol. The Kier molecular flexibility index (Phi) is 8.23. The Hall–Kier alpha value is -5.46. The Bertz CT molecular complexity index is 1760. The fourth-order valence-electron chi connectivity index (χ4n) is 4.38. The summed E-state index contributed by atoms with van der Waals surface area (Å²) in [6.07, 6.45) is -0.892. The SMILES string of the molecule is C[C@@H](CNC(=O)OCc1ccccc1)c1nc(-c2ccc(C(=O)Nc3cc(C(F)(F)F)ccn3)cc2)c2c(N)nccn12. The summed E-state index contributed by atoms with van der Waals surface area (Å²) in [4.78, 5) is 37.8. The fourth-order valence-corrected chi connectivity index (χ4v) is 4.38. The van der Waals surface area contributed by atoms with Gasteiger partial charge in [0.2, 0.25) is 0 Å². The molecule has 0 aliphatic carbocycles. The molecular formula is C30H26F3N7O3. The first-order valence-corrected chi connectivity index (χ1v) is 13.1. The second kappa shape index (κ2) is 12.2. The molecule has 0 saturated carbocycles. The summed E-state index contributed by atoms with van der Waals surface area (Å²) in [6, 6.07) is 17.2. The summed E-state index contributed by atoms with van der Waals surface area (Å²) >= 11 is 0. The maximum absolute atomic E-state index is 13.0. The van der Waals surface area contributed by atoms with E-state index in [0.29, 0.717) is 22.6 Å². The second-order valence-electron chi connectivity index (χ2n) is 9.65. The zero-order valence-corrected chi connectivity index (χ0v) is 22.8. The van der Waals surface area contributed by atoms with Crippen molar-refractivity contribution in [2.75, 3.05) is 17.6 Å². The van der Waals surface area contributed by atoms with E-state index in [9.17, 15) is 22.8 Å². The van der Waals surface area contributed by atoms with Gasteiger partial charge >= 0.3 is 12.3 Å². The molecule has 220 valence electrons. The first-order valence-electron chi connectivity index (χ1n) is 13.1. The van der Waals surface area contributed by atoms with Crippen LogP contribution in [0.15, 0.2) is 85.3 Å². The number of hydrogen-bond donors (Lipinski definition) is 3. The van der Waals surface area contributed by atoms with E-state index < -0.39 is 23.7 Å². The van der Waals surface area contributed by atoms with Crippen LogP contribution < -0.4 is 16.4 Å². The second-order valence-corrected chi connectivity index (χ2v) is 9.65. The van der Waals surface area contributed by atoms with Gasteiger partial charge in [0.1, 0.15) is 35.3 Å². The number of carbonyl (C=O) groups excluding carboxylic acids is 2. The van der Waals surface area contributed by atoms with E-state index in [4.69, 9.17) is 15.5 Å². The van der Waals surface area contributed by atoms with E-state index in [-0.39, 0.29) is 36.3 Å².